The van der Waals surface area contributed by atoms with Crippen LogP contribution in [0.25, 0.3) is 10.9 Å². The average molecular weight is 380 g/mol. The molecular weight excluding hydrogens is 363 g/mol. The van der Waals surface area contributed by atoms with Gasteiger partial charge in [-0.3, -0.25) is 19.6 Å². The number of halogens is 1. The lowest BCUT2D eigenvalue weighted by atomic mass is 10.1. The summed E-state index contributed by atoms with van der Waals surface area (Å²) in [5.74, 6) is -1.49. The Hall–Kier alpha value is -3.37. The van der Waals surface area contributed by atoms with Crippen molar-refractivity contribution in [1.82, 2.24) is 4.68 Å². The molecule has 1 aliphatic rings. The number of aromatic nitrogens is 1. The topological polar surface area (TPSA) is 118 Å². The van der Waals surface area contributed by atoms with E-state index in [1.807, 2.05) is 0 Å². The maximum atomic E-state index is 14.8. The molecule has 0 atom stereocenters. The second-order valence-electron chi connectivity index (χ2n) is 6.29. The van der Waals surface area contributed by atoms with Crippen molar-refractivity contribution in [3.8, 4) is 5.75 Å². The van der Waals surface area contributed by atoms with Crippen LogP contribution in [-0.4, -0.2) is 48.0 Å². The van der Waals surface area contributed by atoms with Crippen LogP contribution in [0.15, 0.2) is 17.1 Å². The number of carboxylic acid groups (broad SMARTS) is 1. The minimum absolute atomic E-state index is 0.129. The molecule has 0 amide bonds. The van der Waals surface area contributed by atoms with Gasteiger partial charge in [0.2, 0.25) is 11.2 Å². The molecule has 0 bridgehead atoms. The Morgan fingerprint density at radius 3 is 2.52 bits per heavy atom. The van der Waals surface area contributed by atoms with Crippen molar-refractivity contribution >= 4 is 28.4 Å². The maximum Gasteiger partial charge on any atom is 0.511 e. The molecule has 10 nitrogen and oxygen atoms in total. The highest BCUT2D eigenvalue weighted by Gasteiger charge is 2.32. The van der Waals surface area contributed by atoms with E-state index in [1.165, 1.54) is 23.8 Å². The third kappa shape index (κ3) is 3.11. The summed E-state index contributed by atoms with van der Waals surface area (Å²) >= 11 is 0. The lowest BCUT2D eigenvalue weighted by Gasteiger charge is -2.23. The number of nitro benzene ring substituents is 1. The number of fused-ring (bicyclic) bond motifs is 1. The van der Waals surface area contributed by atoms with Gasteiger partial charge < -0.3 is 19.8 Å². The fourth-order valence-corrected chi connectivity index (χ4v) is 3.28. The van der Waals surface area contributed by atoms with Crippen LogP contribution < -0.4 is 20.1 Å². The van der Waals surface area contributed by atoms with E-state index < -0.39 is 33.8 Å². The molecule has 0 aliphatic carbocycles. The monoisotopic (exact) mass is 380 g/mol. The zero-order chi connectivity index (χ0) is 19.9. The normalized spacial score (nSPS) is 13.8. The number of hydrogen-bond donors (Lipinski definition) is 1. The van der Waals surface area contributed by atoms with Crippen LogP contribution in [0, 0.1) is 15.9 Å². The van der Waals surface area contributed by atoms with Crippen LogP contribution in [0.5, 0.6) is 5.75 Å². The Labute approximate surface area is 152 Å². The van der Waals surface area contributed by atoms with Crippen LogP contribution in [0.1, 0.15) is 12.8 Å². The summed E-state index contributed by atoms with van der Waals surface area (Å²) in [6.45, 7) is 0.936. The number of nitrogens with zero attached hydrogens (tertiary/aromatic N) is 4. The van der Waals surface area contributed by atoms with E-state index in [9.17, 15) is 24.1 Å². The minimum atomic E-state index is -1.72. The number of rotatable bonds is 4. The van der Waals surface area contributed by atoms with Crippen molar-refractivity contribution in [2.24, 2.45) is 0 Å². The highest BCUT2D eigenvalue weighted by Crippen LogP contribution is 2.39. The molecule has 1 aliphatic heterocycles. The SMILES string of the molecule is CN(C)n1cc(OC(=O)O)c(=O)c2cc(F)c(N3CCCC3)c([N+](=O)[O-])c21. The lowest BCUT2D eigenvalue weighted by Crippen LogP contribution is -2.29. The minimum Gasteiger partial charge on any atom is -0.449 e. The van der Waals surface area contributed by atoms with Crippen molar-refractivity contribution in [1.29, 1.82) is 0 Å². The van der Waals surface area contributed by atoms with Crippen LogP contribution in [0.4, 0.5) is 20.6 Å². The van der Waals surface area contributed by atoms with E-state index in [0.717, 1.165) is 25.1 Å². The molecule has 3 rings (SSSR count). The summed E-state index contributed by atoms with van der Waals surface area (Å²) in [7, 11) is 3.08. The summed E-state index contributed by atoms with van der Waals surface area (Å²) < 4.78 is 20.5. The molecule has 11 heteroatoms. The van der Waals surface area contributed by atoms with Gasteiger partial charge >= 0.3 is 11.8 Å². The van der Waals surface area contributed by atoms with E-state index in [-0.39, 0.29) is 16.6 Å². The van der Waals surface area contributed by atoms with Gasteiger partial charge in [-0.15, -0.1) is 0 Å². The average Bonchev–Trinajstić information content (AvgIpc) is 3.09. The van der Waals surface area contributed by atoms with Gasteiger partial charge in [0.05, 0.1) is 16.5 Å². The van der Waals surface area contributed by atoms with Crippen molar-refractivity contribution in [3.63, 3.8) is 0 Å². The molecule has 27 heavy (non-hydrogen) atoms. The summed E-state index contributed by atoms with van der Waals surface area (Å²) in [4.78, 5) is 36.1. The van der Waals surface area contributed by atoms with Crippen molar-refractivity contribution < 1.29 is 24.0 Å². The van der Waals surface area contributed by atoms with Gasteiger partial charge in [0.1, 0.15) is 0 Å². The number of hydrogen-bond acceptors (Lipinski definition) is 7. The van der Waals surface area contributed by atoms with E-state index >= 15 is 0 Å². The molecule has 2 aromatic rings. The smallest absolute Gasteiger partial charge is 0.449 e. The molecule has 0 saturated carbocycles. The van der Waals surface area contributed by atoms with Gasteiger partial charge in [0.15, 0.2) is 17.0 Å². The Morgan fingerprint density at radius 2 is 2.00 bits per heavy atom. The third-order valence-corrected chi connectivity index (χ3v) is 4.37. The maximum absolute atomic E-state index is 14.8. The lowest BCUT2D eigenvalue weighted by molar-refractivity contribution is -0.382. The molecular formula is C16H17FN4O6. The van der Waals surface area contributed by atoms with Crippen molar-refractivity contribution in [2.45, 2.75) is 12.8 Å². The molecule has 1 saturated heterocycles. The quantitative estimate of drug-likeness (QED) is 0.485. The highest BCUT2D eigenvalue weighted by atomic mass is 19.1. The fraction of sp³-hybridized carbons (Fsp3) is 0.375. The number of nitro groups is 1. The Kier molecular flexibility index (Phi) is 4.60. The number of benzene rings is 1. The standard InChI is InChI=1S/C16H17FN4O6/c1-18(2)20-8-11(27-16(23)24)15(22)9-7-10(17)13(19-5-3-4-6-19)14(12(9)20)21(25)26/h7-8H,3-6H2,1-2H3,(H,23,24). The van der Waals surface area contributed by atoms with Gasteiger partial charge in [-0.1, -0.05) is 0 Å². The van der Waals surface area contributed by atoms with E-state index in [4.69, 9.17) is 5.11 Å². The van der Waals surface area contributed by atoms with Crippen LogP contribution in [0.3, 0.4) is 0 Å². The number of carbonyl (C=O) groups is 1. The molecule has 1 aromatic heterocycles. The molecule has 0 spiro atoms. The first-order valence-electron chi connectivity index (χ1n) is 8.12. The Morgan fingerprint density at radius 1 is 1.37 bits per heavy atom. The fourth-order valence-electron chi connectivity index (χ4n) is 3.28. The van der Waals surface area contributed by atoms with E-state index in [2.05, 4.69) is 4.74 Å². The number of ether oxygens (including phenoxy) is 1. The Bertz CT molecular complexity index is 997. The number of pyridine rings is 1. The first-order chi connectivity index (χ1) is 12.7. The molecule has 1 fully saturated rings. The summed E-state index contributed by atoms with van der Waals surface area (Å²) in [6, 6.07) is 0.896. The van der Waals surface area contributed by atoms with E-state index in [1.54, 1.807) is 4.90 Å². The van der Waals surface area contributed by atoms with Crippen LogP contribution in [0.2, 0.25) is 0 Å². The molecule has 0 unspecified atom stereocenters. The number of anilines is 1. The summed E-state index contributed by atoms with van der Waals surface area (Å²) in [5.41, 5.74) is -1.79. The zero-order valence-electron chi connectivity index (χ0n) is 14.6. The summed E-state index contributed by atoms with van der Waals surface area (Å²) in [6.07, 6.45) is 0.874. The predicted molar refractivity (Wildman–Crippen MR) is 95.0 cm³/mol. The van der Waals surface area contributed by atoms with Crippen molar-refractivity contribution in [3.05, 3.63) is 38.4 Å². The van der Waals surface area contributed by atoms with Gasteiger partial charge in [-0.2, -0.15) is 0 Å². The van der Waals surface area contributed by atoms with Crippen molar-refractivity contribution in [2.75, 3.05) is 37.1 Å². The molecule has 144 valence electrons. The first-order valence-corrected chi connectivity index (χ1v) is 8.12. The van der Waals surface area contributed by atoms with Gasteiger partial charge in [-0.05, 0) is 18.9 Å². The second kappa shape index (κ2) is 6.74. The van der Waals surface area contributed by atoms with Gasteiger partial charge in [0, 0.05) is 27.2 Å². The first kappa shape index (κ1) is 18.4. The highest BCUT2D eigenvalue weighted by molar-refractivity contribution is 5.95. The third-order valence-electron chi connectivity index (χ3n) is 4.37. The Balaban J connectivity index is 2.46. The molecule has 0 radical (unpaired) electrons. The molecule has 1 N–H and O–H groups in total. The van der Waals surface area contributed by atoms with Crippen LogP contribution >= 0.6 is 0 Å². The van der Waals surface area contributed by atoms with Gasteiger partial charge in [0.25, 0.3) is 0 Å². The second-order valence-corrected chi connectivity index (χ2v) is 6.29. The van der Waals surface area contributed by atoms with Crippen LogP contribution in [-0.2, 0) is 0 Å². The largest absolute Gasteiger partial charge is 0.511 e. The summed E-state index contributed by atoms with van der Waals surface area (Å²) in [5, 5.41) is 21.7. The molecule has 1 aromatic carbocycles. The molecule has 2 heterocycles. The van der Waals surface area contributed by atoms with E-state index in [0.29, 0.717) is 13.1 Å². The predicted octanol–water partition coefficient (Wildman–Crippen LogP) is 1.90. The van der Waals surface area contributed by atoms with Gasteiger partial charge in [-0.25, -0.2) is 9.18 Å². The zero-order valence-corrected chi connectivity index (χ0v) is 14.6.